The number of methoxy groups -OCH3 is 1. The lowest BCUT2D eigenvalue weighted by Gasteiger charge is -2.28. The Morgan fingerprint density at radius 3 is 2.39 bits per heavy atom. The first-order chi connectivity index (χ1) is 14.8. The maximum Gasteiger partial charge on any atom is 0.294 e. The number of hydrogen-bond acceptors (Lipinski definition) is 6. The summed E-state index contributed by atoms with van der Waals surface area (Å²) in [7, 11) is 1.54. The predicted octanol–water partition coefficient (Wildman–Crippen LogP) is 4.86. The van der Waals surface area contributed by atoms with Gasteiger partial charge in [-0.2, -0.15) is 0 Å². The third-order valence-corrected chi connectivity index (χ3v) is 6.38. The molecule has 0 spiro atoms. The number of aromatic nitrogens is 1. The number of hydrogen-bond donors (Lipinski definition) is 1. The molecule has 6 nitrogen and oxygen atoms in total. The van der Waals surface area contributed by atoms with Gasteiger partial charge in [0.05, 0.1) is 34.3 Å². The third-order valence-electron chi connectivity index (χ3n) is 5.31. The van der Waals surface area contributed by atoms with Crippen molar-refractivity contribution in [1.29, 1.82) is 0 Å². The average Bonchev–Trinajstić information content (AvgIpc) is 3.23. The fourth-order valence-electron chi connectivity index (χ4n) is 3.86. The van der Waals surface area contributed by atoms with Crippen molar-refractivity contribution in [2.24, 2.45) is 0 Å². The summed E-state index contributed by atoms with van der Waals surface area (Å²) in [6.45, 7) is 5.52. The molecule has 2 aromatic carbocycles. The molecule has 0 saturated heterocycles. The number of aryl methyl sites for hydroxylation is 3. The Balaban J connectivity index is 1.93. The van der Waals surface area contributed by atoms with E-state index < -0.39 is 23.5 Å². The molecule has 7 heteroatoms. The molecule has 2 heterocycles. The number of carbonyl (C=O) groups is 2. The van der Waals surface area contributed by atoms with Crippen LogP contribution in [0.5, 0.6) is 5.75 Å². The van der Waals surface area contributed by atoms with Gasteiger partial charge in [0, 0.05) is 11.3 Å². The van der Waals surface area contributed by atoms with Crippen LogP contribution in [0.25, 0.3) is 0 Å². The van der Waals surface area contributed by atoms with E-state index in [1.54, 1.807) is 31.2 Å². The van der Waals surface area contributed by atoms with Crippen LogP contribution in [0.1, 0.15) is 37.5 Å². The van der Waals surface area contributed by atoms with E-state index in [4.69, 9.17) is 4.74 Å². The zero-order chi connectivity index (χ0) is 22.3. The van der Waals surface area contributed by atoms with Crippen LogP contribution >= 0.6 is 11.3 Å². The van der Waals surface area contributed by atoms with Gasteiger partial charge in [0.15, 0.2) is 5.76 Å². The number of amides is 1. The second kappa shape index (κ2) is 8.00. The van der Waals surface area contributed by atoms with Crippen molar-refractivity contribution in [2.75, 3.05) is 12.0 Å². The molecule has 0 fully saturated rings. The SMILES string of the molecule is COc1ccccc1C1C(C(=O)c2sc(C)nc2C)=C(O)C(=O)N1c1ccc(C)cc1. The number of ketones is 1. The number of anilines is 1. The number of benzene rings is 2. The van der Waals surface area contributed by atoms with Crippen LogP contribution in [0.2, 0.25) is 0 Å². The van der Waals surface area contributed by atoms with Crippen molar-refractivity contribution in [3.63, 3.8) is 0 Å². The lowest BCUT2D eigenvalue weighted by molar-refractivity contribution is -0.117. The van der Waals surface area contributed by atoms with E-state index in [9.17, 15) is 14.7 Å². The minimum atomic E-state index is -0.833. The van der Waals surface area contributed by atoms with Gasteiger partial charge >= 0.3 is 0 Å². The van der Waals surface area contributed by atoms with Crippen LogP contribution in [0, 0.1) is 20.8 Å². The highest BCUT2D eigenvalue weighted by molar-refractivity contribution is 7.14. The van der Waals surface area contributed by atoms with Crippen LogP contribution < -0.4 is 9.64 Å². The summed E-state index contributed by atoms with van der Waals surface area (Å²) in [5.74, 6) is -1.05. The monoisotopic (exact) mass is 434 g/mol. The Morgan fingerprint density at radius 2 is 1.77 bits per heavy atom. The molecule has 1 aliphatic heterocycles. The third kappa shape index (κ3) is 3.51. The van der Waals surface area contributed by atoms with Crippen LogP contribution in [0.4, 0.5) is 5.69 Å². The quantitative estimate of drug-likeness (QED) is 0.580. The fraction of sp³-hybridized carbons (Fsp3) is 0.208. The molecular weight excluding hydrogens is 412 g/mol. The van der Waals surface area contributed by atoms with Gasteiger partial charge in [-0.1, -0.05) is 35.9 Å². The Morgan fingerprint density at radius 1 is 1.10 bits per heavy atom. The number of carbonyl (C=O) groups excluding carboxylic acids is 2. The van der Waals surface area contributed by atoms with Crippen molar-refractivity contribution in [1.82, 2.24) is 4.98 Å². The number of ether oxygens (including phenoxy) is 1. The molecular formula is C24H22N2O4S. The Bertz CT molecular complexity index is 1210. The summed E-state index contributed by atoms with van der Waals surface area (Å²) >= 11 is 1.25. The number of aliphatic hydroxyl groups is 1. The summed E-state index contributed by atoms with van der Waals surface area (Å²) in [6, 6.07) is 13.7. The predicted molar refractivity (Wildman–Crippen MR) is 120 cm³/mol. The lowest BCUT2D eigenvalue weighted by atomic mass is 9.94. The second-order valence-corrected chi connectivity index (χ2v) is 8.60. The highest BCUT2D eigenvalue weighted by Crippen LogP contribution is 2.45. The number of para-hydroxylation sites is 1. The molecule has 31 heavy (non-hydrogen) atoms. The van der Waals surface area contributed by atoms with E-state index in [1.807, 2.05) is 38.1 Å². The Labute approximate surface area is 184 Å². The summed E-state index contributed by atoms with van der Waals surface area (Å²) < 4.78 is 5.53. The first-order valence-corrected chi connectivity index (χ1v) is 10.6. The first kappa shape index (κ1) is 20.8. The fourth-order valence-corrected chi connectivity index (χ4v) is 4.73. The minimum absolute atomic E-state index is 0.0295. The molecule has 0 radical (unpaired) electrons. The number of Topliss-reactive ketones (excluding diaryl/α,β-unsaturated/α-hetero) is 1. The van der Waals surface area contributed by atoms with Crippen LogP contribution in [0.3, 0.4) is 0 Å². The molecule has 1 aliphatic rings. The van der Waals surface area contributed by atoms with Gasteiger partial charge in [-0.15, -0.1) is 11.3 Å². The Kier molecular flexibility index (Phi) is 5.37. The van der Waals surface area contributed by atoms with Gasteiger partial charge in [0.25, 0.3) is 5.91 Å². The van der Waals surface area contributed by atoms with E-state index in [-0.39, 0.29) is 5.57 Å². The summed E-state index contributed by atoms with van der Waals surface area (Å²) in [6.07, 6.45) is 0. The Hall–Kier alpha value is -3.45. The number of thiazole rings is 1. The zero-order valence-corrected chi connectivity index (χ0v) is 18.5. The topological polar surface area (TPSA) is 79.7 Å². The molecule has 0 bridgehead atoms. The van der Waals surface area contributed by atoms with Crippen molar-refractivity contribution < 1.29 is 19.4 Å². The van der Waals surface area contributed by atoms with Gasteiger partial charge in [0.1, 0.15) is 5.75 Å². The van der Waals surface area contributed by atoms with E-state index in [2.05, 4.69) is 4.98 Å². The minimum Gasteiger partial charge on any atom is -0.503 e. The smallest absolute Gasteiger partial charge is 0.294 e. The molecule has 1 aromatic heterocycles. The number of rotatable bonds is 5. The molecule has 0 aliphatic carbocycles. The maximum absolute atomic E-state index is 13.6. The maximum atomic E-state index is 13.6. The lowest BCUT2D eigenvalue weighted by Crippen LogP contribution is -2.31. The van der Waals surface area contributed by atoms with Crippen LogP contribution in [0.15, 0.2) is 59.9 Å². The zero-order valence-electron chi connectivity index (χ0n) is 17.7. The summed E-state index contributed by atoms with van der Waals surface area (Å²) in [4.78, 5) is 33.0. The van der Waals surface area contributed by atoms with E-state index in [1.165, 1.54) is 23.3 Å². The van der Waals surface area contributed by atoms with E-state index >= 15 is 0 Å². The number of nitrogens with zero attached hydrogens (tertiary/aromatic N) is 2. The van der Waals surface area contributed by atoms with E-state index in [0.29, 0.717) is 27.6 Å². The highest BCUT2D eigenvalue weighted by atomic mass is 32.1. The second-order valence-electron chi connectivity index (χ2n) is 7.39. The summed E-state index contributed by atoms with van der Waals surface area (Å²) in [5.41, 5.74) is 2.84. The molecule has 4 rings (SSSR count). The van der Waals surface area contributed by atoms with Crippen molar-refractivity contribution in [3.05, 3.63) is 86.6 Å². The van der Waals surface area contributed by atoms with Crippen LogP contribution in [-0.2, 0) is 4.79 Å². The first-order valence-electron chi connectivity index (χ1n) is 9.78. The van der Waals surface area contributed by atoms with Crippen molar-refractivity contribution in [3.8, 4) is 5.75 Å². The molecule has 1 N–H and O–H groups in total. The molecule has 1 unspecified atom stereocenters. The molecule has 0 saturated carbocycles. The van der Waals surface area contributed by atoms with E-state index in [0.717, 1.165) is 10.6 Å². The molecule has 1 atom stereocenters. The van der Waals surface area contributed by atoms with Gasteiger partial charge in [-0.05, 0) is 39.0 Å². The van der Waals surface area contributed by atoms with Crippen molar-refractivity contribution in [2.45, 2.75) is 26.8 Å². The van der Waals surface area contributed by atoms with Crippen molar-refractivity contribution >= 4 is 28.7 Å². The van der Waals surface area contributed by atoms with Gasteiger partial charge < -0.3 is 9.84 Å². The molecule has 158 valence electrons. The van der Waals surface area contributed by atoms with Crippen LogP contribution in [-0.4, -0.2) is 28.9 Å². The van der Waals surface area contributed by atoms with Gasteiger partial charge in [-0.3, -0.25) is 14.5 Å². The highest BCUT2D eigenvalue weighted by Gasteiger charge is 2.46. The standard InChI is InChI=1S/C24H22N2O4S/c1-13-9-11-16(12-10-13)26-20(17-7-5-6-8-18(17)30-4)19(22(28)24(26)29)21(27)23-14(2)25-15(3)31-23/h5-12,20,28H,1-4H3. The molecule has 1 amide bonds. The van der Waals surface area contributed by atoms with Gasteiger partial charge in [-0.25, -0.2) is 4.98 Å². The largest absolute Gasteiger partial charge is 0.503 e. The number of aliphatic hydroxyl groups excluding tert-OH is 1. The summed E-state index contributed by atoms with van der Waals surface area (Å²) in [5, 5.41) is 11.6. The average molecular weight is 435 g/mol. The molecule has 3 aromatic rings. The normalized spacial score (nSPS) is 16.2. The van der Waals surface area contributed by atoms with Gasteiger partial charge in [0.2, 0.25) is 5.78 Å².